The van der Waals surface area contributed by atoms with Crippen LogP contribution >= 0.6 is 0 Å². The Morgan fingerprint density at radius 3 is 2.35 bits per heavy atom. The maximum absolute atomic E-state index is 12.0. The van der Waals surface area contributed by atoms with Crippen molar-refractivity contribution < 1.29 is 9.53 Å². The van der Waals surface area contributed by atoms with Crippen molar-refractivity contribution in [3.05, 3.63) is 0 Å². The summed E-state index contributed by atoms with van der Waals surface area (Å²) in [6, 6.07) is 0.746. The summed E-state index contributed by atoms with van der Waals surface area (Å²) in [5.74, 6) is 0. The Morgan fingerprint density at radius 1 is 1.30 bits per heavy atom. The quantitative estimate of drug-likeness (QED) is 0.864. The van der Waals surface area contributed by atoms with E-state index in [0.29, 0.717) is 5.41 Å². The standard InChI is InChI=1S/C16H30N2O2/c1-15(2,3)20-14(19)18-10-8-16(4,9-11-18)12-17-13-6-5-7-13/h13,17H,5-12H2,1-4H3. The van der Waals surface area contributed by atoms with Gasteiger partial charge in [-0.05, 0) is 51.9 Å². The van der Waals surface area contributed by atoms with Crippen LogP contribution in [0.2, 0.25) is 0 Å². The first-order valence-electron chi connectivity index (χ1n) is 7.99. The summed E-state index contributed by atoms with van der Waals surface area (Å²) in [5, 5.41) is 3.68. The molecular weight excluding hydrogens is 252 g/mol. The second kappa shape index (κ2) is 5.92. The van der Waals surface area contributed by atoms with Crippen LogP contribution in [0.4, 0.5) is 4.79 Å². The third kappa shape index (κ3) is 4.37. The molecule has 1 aliphatic carbocycles. The molecular formula is C16H30N2O2. The minimum atomic E-state index is -0.399. The maximum atomic E-state index is 12.0. The molecule has 1 amide bonds. The Labute approximate surface area is 123 Å². The van der Waals surface area contributed by atoms with E-state index in [4.69, 9.17) is 4.74 Å². The number of amides is 1. The van der Waals surface area contributed by atoms with Gasteiger partial charge in [-0.2, -0.15) is 0 Å². The van der Waals surface area contributed by atoms with E-state index in [1.807, 2.05) is 25.7 Å². The van der Waals surface area contributed by atoms with E-state index in [1.54, 1.807) is 0 Å². The van der Waals surface area contributed by atoms with Crippen LogP contribution in [0.3, 0.4) is 0 Å². The van der Waals surface area contributed by atoms with E-state index in [2.05, 4.69) is 12.2 Å². The van der Waals surface area contributed by atoms with Crippen LogP contribution in [-0.4, -0.2) is 42.3 Å². The van der Waals surface area contributed by atoms with E-state index < -0.39 is 5.60 Å². The zero-order valence-electron chi connectivity index (χ0n) is 13.5. The van der Waals surface area contributed by atoms with Gasteiger partial charge >= 0.3 is 6.09 Å². The van der Waals surface area contributed by atoms with Gasteiger partial charge < -0.3 is 15.0 Å². The number of ether oxygens (including phenoxy) is 1. The number of likely N-dealkylation sites (tertiary alicyclic amines) is 1. The highest BCUT2D eigenvalue weighted by Gasteiger charge is 2.34. The highest BCUT2D eigenvalue weighted by atomic mass is 16.6. The molecule has 0 aromatic rings. The van der Waals surface area contributed by atoms with Crippen molar-refractivity contribution in [1.29, 1.82) is 0 Å². The second-order valence-corrected chi connectivity index (χ2v) is 7.79. The first-order valence-corrected chi connectivity index (χ1v) is 7.99. The second-order valence-electron chi connectivity index (χ2n) is 7.79. The van der Waals surface area contributed by atoms with Gasteiger partial charge in [0.25, 0.3) is 0 Å². The molecule has 4 heteroatoms. The Kier molecular flexibility index (Phi) is 4.62. The third-order valence-corrected chi connectivity index (χ3v) is 4.54. The molecule has 0 spiro atoms. The number of nitrogens with one attached hydrogen (secondary N) is 1. The fourth-order valence-corrected chi connectivity index (χ4v) is 2.74. The lowest BCUT2D eigenvalue weighted by atomic mass is 9.79. The summed E-state index contributed by atoms with van der Waals surface area (Å²) in [6.45, 7) is 10.8. The smallest absolute Gasteiger partial charge is 0.410 e. The van der Waals surface area contributed by atoms with Crippen molar-refractivity contribution in [2.24, 2.45) is 5.41 Å². The van der Waals surface area contributed by atoms with E-state index >= 15 is 0 Å². The monoisotopic (exact) mass is 282 g/mol. The molecule has 116 valence electrons. The summed E-state index contributed by atoms with van der Waals surface area (Å²) in [6.07, 6.45) is 6.00. The summed E-state index contributed by atoms with van der Waals surface area (Å²) in [4.78, 5) is 13.9. The zero-order chi connectivity index (χ0) is 14.8. The van der Waals surface area contributed by atoms with Gasteiger partial charge in [0.15, 0.2) is 0 Å². The van der Waals surface area contributed by atoms with Crippen molar-refractivity contribution in [1.82, 2.24) is 10.2 Å². The predicted octanol–water partition coefficient (Wildman–Crippen LogP) is 3.17. The number of rotatable bonds is 3. The molecule has 2 fully saturated rings. The maximum Gasteiger partial charge on any atom is 0.410 e. The number of carbonyl (C=O) groups excluding carboxylic acids is 1. The van der Waals surface area contributed by atoms with Gasteiger partial charge in [0.2, 0.25) is 0 Å². The van der Waals surface area contributed by atoms with Gasteiger partial charge in [0, 0.05) is 25.7 Å². The van der Waals surface area contributed by atoms with Crippen LogP contribution in [0.25, 0.3) is 0 Å². The largest absolute Gasteiger partial charge is 0.444 e. The molecule has 0 bridgehead atoms. The minimum Gasteiger partial charge on any atom is -0.444 e. The van der Waals surface area contributed by atoms with Gasteiger partial charge in [0.05, 0.1) is 0 Å². The van der Waals surface area contributed by atoms with Crippen molar-refractivity contribution >= 4 is 6.09 Å². The van der Waals surface area contributed by atoms with Gasteiger partial charge in [0.1, 0.15) is 5.60 Å². The van der Waals surface area contributed by atoms with Crippen LogP contribution in [0, 0.1) is 5.41 Å². The molecule has 4 nitrogen and oxygen atoms in total. The third-order valence-electron chi connectivity index (χ3n) is 4.54. The molecule has 0 radical (unpaired) electrons. The van der Waals surface area contributed by atoms with Crippen LogP contribution in [0.15, 0.2) is 0 Å². The highest BCUT2D eigenvalue weighted by Crippen LogP contribution is 2.31. The fraction of sp³-hybridized carbons (Fsp3) is 0.938. The predicted molar refractivity (Wildman–Crippen MR) is 80.8 cm³/mol. The summed E-state index contributed by atoms with van der Waals surface area (Å²) in [5.41, 5.74) is -0.0717. The first-order chi connectivity index (χ1) is 9.27. The Hall–Kier alpha value is -0.770. The summed E-state index contributed by atoms with van der Waals surface area (Å²) in [7, 11) is 0. The van der Waals surface area contributed by atoms with Crippen LogP contribution in [0.1, 0.15) is 59.8 Å². The molecule has 0 aromatic heterocycles. The molecule has 2 rings (SSSR count). The van der Waals surface area contributed by atoms with E-state index in [0.717, 1.165) is 38.5 Å². The number of hydrogen-bond acceptors (Lipinski definition) is 3. The number of piperidine rings is 1. The molecule has 1 heterocycles. The Morgan fingerprint density at radius 2 is 1.90 bits per heavy atom. The molecule has 2 aliphatic rings. The lowest BCUT2D eigenvalue weighted by molar-refractivity contribution is 0.0114. The summed E-state index contributed by atoms with van der Waals surface area (Å²) >= 11 is 0. The zero-order valence-corrected chi connectivity index (χ0v) is 13.5. The number of hydrogen-bond donors (Lipinski definition) is 1. The Bertz CT molecular complexity index is 337. The van der Waals surface area contributed by atoms with Crippen molar-refractivity contribution in [2.75, 3.05) is 19.6 Å². The van der Waals surface area contributed by atoms with Gasteiger partial charge in [-0.3, -0.25) is 0 Å². The molecule has 1 N–H and O–H groups in total. The average molecular weight is 282 g/mol. The molecule has 1 saturated heterocycles. The minimum absolute atomic E-state index is 0.161. The highest BCUT2D eigenvalue weighted by molar-refractivity contribution is 5.68. The topological polar surface area (TPSA) is 41.6 Å². The molecule has 1 saturated carbocycles. The molecule has 0 atom stereocenters. The van der Waals surface area contributed by atoms with Crippen molar-refractivity contribution in [2.45, 2.75) is 71.4 Å². The van der Waals surface area contributed by atoms with Crippen LogP contribution < -0.4 is 5.32 Å². The van der Waals surface area contributed by atoms with Crippen LogP contribution in [-0.2, 0) is 4.74 Å². The van der Waals surface area contributed by atoms with Crippen molar-refractivity contribution in [3.63, 3.8) is 0 Å². The molecule has 1 aliphatic heterocycles. The number of nitrogens with zero attached hydrogens (tertiary/aromatic N) is 1. The van der Waals surface area contributed by atoms with Gasteiger partial charge in [-0.15, -0.1) is 0 Å². The Balaban J connectivity index is 1.74. The normalized spacial score (nSPS) is 23.3. The summed E-state index contributed by atoms with van der Waals surface area (Å²) < 4.78 is 5.44. The molecule has 0 unspecified atom stereocenters. The number of carbonyl (C=O) groups is 1. The molecule has 0 aromatic carbocycles. The fourth-order valence-electron chi connectivity index (χ4n) is 2.74. The average Bonchev–Trinajstić information content (AvgIpc) is 2.25. The first kappa shape index (κ1) is 15.6. The van der Waals surface area contributed by atoms with E-state index in [1.165, 1.54) is 19.3 Å². The van der Waals surface area contributed by atoms with Crippen molar-refractivity contribution in [3.8, 4) is 0 Å². The molecule has 20 heavy (non-hydrogen) atoms. The van der Waals surface area contributed by atoms with Crippen LogP contribution in [0.5, 0.6) is 0 Å². The van der Waals surface area contributed by atoms with E-state index in [9.17, 15) is 4.79 Å². The van der Waals surface area contributed by atoms with E-state index in [-0.39, 0.29) is 6.09 Å². The van der Waals surface area contributed by atoms with Gasteiger partial charge in [-0.25, -0.2) is 4.79 Å². The van der Waals surface area contributed by atoms with Gasteiger partial charge in [-0.1, -0.05) is 13.3 Å². The SMILES string of the molecule is CC1(CNC2CCC2)CCN(C(=O)OC(C)(C)C)CC1. The lowest BCUT2D eigenvalue weighted by Crippen LogP contribution is -2.49. The lowest BCUT2D eigenvalue weighted by Gasteiger charge is -2.41.